The van der Waals surface area contributed by atoms with Gasteiger partial charge < -0.3 is 0 Å². The molecule has 0 aliphatic heterocycles. The van der Waals surface area contributed by atoms with E-state index in [2.05, 4.69) is 0 Å². The van der Waals surface area contributed by atoms with Crippen molar-refractivity contribution in [2.45, 2.75) is 33.6 Å². The Morgan fingerprint density at radius 1 is 1.23 bits per heavy atom. The second-order valence-electron chi connectivity index (χ2n) is 2.82. The van der Waals surface area contributed by atoms with Crippen molar-refractivity contribution in [1.29, 1.82) is 0 Å². The monoisotopic (exact) mass is 202 g/mol. The lowest BCUT2D eigenvalue weighted by Gasteiger charge is -2.06. The maximum absolute atomic E-state index is 13.0. The van der Waals surface area contributed by atoms with Gasteiger partial charge in [0.25, 0.3) is 0 Å². The molecule has 0 heterocycles. The van der Waals surface area contributed by atoms with Crippen molar-refractivity contribution in [3.8, 4) is 0 Å². The van der Waals surface area contributed by atoms with Crippen LogP contribution >= 0.6 is 11.6 Å². The standard InChI is InChI=1S/C9H10ClF.C2H6/c1-6(2)8-5-7(10)3-4-9(8)11;1-2/h3-6H,1-2H3;1-2H3. The Labute approximate surface area is 84.7 Å². The van der Waals surface area contributed by atoms with E-state index in [0.29, 0.717) is 10.6 Å². The Morgan fingerprint density at radius 2 is 1.77 bits per heavy atom. The summed E-state index contributed by atoms with van der Waals surface area (Å²) in [7, 11) is 0. The first kappa shape index (κ1) is 12.4. The van der Waals surface area contributed by atoms with Crippen LogP contribution in [0.2, 0.25) is 5.02 Å². The average molecular weight is 203 g/mol. The highest BCUT2D eigenvalue weighted by atomic mass is 35.5. The maximum Gasteiger partial charge on any atom is 0.126 e. The fourth-order valence-electron chi connectivity index (χ4n) is 0.957. The van der Waals surface area contributed by atoms with E-state index in [9.17, 15) is 4.39 Å². The number of halogens is 2. The Morgan fingerprint density at radius 3 is 2.15 bits per heavy atom. The summed E-state index contributed by atoms with van der Waals surface area (Å²) in [6.45, 7) is 7.88. The molecule has 1 aromatic carbocycles. The minimum Gasteiger partial charge on any atom is -0.207 e. The molecule has 0 spiro atoms. The summed E-state index contributed by atoms with van der Waals surface area (Å²) in [5.41, 5.74) is 0.678. The first-order chi connectivity index (χ1) is 6.11. The lowest BCUT2D eigenvalue weighted by atomic mass is 10.0. The molecule has 0 N–H and O–H groups in total. The predicted molar refractivity (Wildman–Crippen MR) is 56.8 cm³/mol. The highest BCUT2D eigenvalue weighted by molar-refractivity contribution is 6.30. The van der Waals surface area contributed by atoms with Crippen LogP contribution < -0.4 is 0 Å². The maximum atomic E-state index is 13.0. The Bertz CT molecular complexity index is 256. The summed E-state index contributed by atoms with van der Waals surface area (Å²) in [5, 5.41) is 0.593. The van der Waals surface area contributed by atoms with E-state index in [1.807, 2.05) is 27.7 Å². The number of hydrogen-bond donors (Lipinski definition) is 0. The highest BCUT2D eigenvalue weighted by Gasteiger charge is 2.05. The summed E-state index contributed by atoms with van der Waals surface area (Å²) >= 11 is 5.69. The van der Waals surface area contributed by atoms with E-state index in [1.54, 1.807) is 12.1 Å². The molecule has 2 heteroatoms. The molecular formula is C11H16ClF. The minimum absolute atomic E-state index is 0.176. The molecule has 0 aliphatic rings. The molecule has 0 aromatic heterocycles. The lowest BCUT2D eigenvalue weighted by Crippen LogP contribution is -1.91. The van der Waals surface area contributed by atoms with Crippen LogP contribution in [0.15, 0.2) is 18.2 Å². The average Bonchev–Trinajstić information content (AvgIpc) is 2.12. The molecule has 0 amide bonds. The lowest BCUT2D eigenvalue weighted by molar-refractivity contribution is 0.598. The fourth-order valence-corrected chi connectivity index (χ4v) is 1.14. The van der Waals surface area contributed by atoms with Gasteiger partial charge in [-0.05, 0) is 29.7 Å². The summed E-state index contributed by atoms with van der Waals surface area (Å²) in [5.74, 6) is 0.0121. The van der Waals surface area contributed by atoms with Gasteiger partial charge in [0.1, 0.15) is 5.82 Å². The van der Waals surface area contributed by atoms with Crippen LogP contribution in [0.25, 0.3) is 0 Å². The van der Waals surface area contributed by atoms with Gasteiger partial charge >= 0.3 is 0 Å². The van der Waals surface area contributed by atoms with Crippen LogP contribution in [0, 0.1) is 5.82 Å². The van der Waals surface area contributed by atoms with Gasteiger partial charge in [0, 0.05) is 5.02 Å². The topological polar surface area (TPSA) is 0 Å². The Balaban J connectivity index is 0.000000671. The third-order valence-corrected chi connectivity index (χ3v) is 1.82. The van der Waals surface area contributed by atoms with Crippen molar-refractivity contribution in [3.63, 3.8) is 0 Å². The van der Waals surface area contributed by atoms with E-state index in [1.165, 1.54) is 6.07 Å². The molecule has 74 valence electrons. The van der Waals surface area contributed by atoms with Crippen LogP contribution in [-0.2, 0) is 0 Å². The van der Waals surface area contributed by atoms with Crippen molar-refractivity contribution in [1.82, 2.24) is 0 Å². The van der Waals surface area contributed by atoms with E-state index in [-0.39, 0.29) is 11.7 Å². The summed E-state index contributed by atoms with van der Waals surface area (Å²) < 4.78 is 13.0. The minimum atomic E-state index is -0.176. The van der Waals surface area contributed by atoms with Gasteiger partial charge in [-0.2, -0.15) is 0 Å². The van der Waals surface area contributed by atoms with Gasteiger partial charge in [-0.25, -0.2) is 4.39 Å². The summed E-state index contributed by atoms with van der Waals surface area (Å²) in [6, 6.07) is 4.63. The molecule has 0 aliphatic carbocycles. The molecule has 13 heavy (non-hydrogen) atoms. The smallest absolute Gasteiger partial charge is 0.126 e. The number of hydrogen-bond acceptors (Lipinski definition) is 0. The van der Waals surface area contributed by atoms with E-state index < -0.39 is 0 Å². The van der Waals surface area contributed by atoms with Gasteiger partial charge in [0.05, 0.1) is 0 Å². The van der Waals surface area contributed by atoms with E-state index in [0.717, 1.165) is 0 Å². The quantitative estimate of drug-likeness (QED) is 0.623. The summed E-state index contributed by atoms with van der Waals surface area (Å²) in [4.78, 5) is 0. The van der Waals surface area contributed by atoms with Crippen molar-refractivity contribution >= 4 is 11.6 Å². The second kappa shape index (κ2) is 5.98. The highest BCUT2D eigenvalue weighted by Crippen LogP contribution is 2.21. The van der Waals surface area contributed by atoms with Crippen LogP contribution in [0.1, 0.15) is 39.2 Å². The van der Waals surface area contributed by atoms with Gasteiger partial charge in [-0.15, -0.1) is 0 Å². The molecule has 0 saturated heterocycles. The largest absolute Gasteiger partial charge is 0.207 e. The van der Waals surface area contributed by atoms with Gasteiger partial charge in [-0.1, -0.05) is 39.3 Å². The third-order valence-electron chi connectivity index (χ3n) is 1.58. The van der Waals surface area contributed by atoms with Crippen molar-refractivity contribution in [2.24, 2.45) is 0 Å². The first-order valence-electron chi connectivity index (χ1n) is 4.56. The van der Waals surface area contributed by atoms with E-state index >= 15 is 0 Å². The SMILES string of the molecule is CC.CC(C)c1cc(Cl)ccc1F. The molecule has 0 fully saturated rings. The predicted octanol–water partition coefficient (Wildman–Crippen LogP) is 4.63. The van der Waals surface area contributed by atoms with E-state index in [4.69, 9.17) is 11.6 Å². The second-order valence-corrected chi connectivity index (χ2v) is 3.26. The van der Waals surface area contributed by atoms with Gasteiger partial charge in [0.15, 0.2) is 0 Å². The number of rotatable bonds is 1. The third kappa shape index (κ3) is 3.77. The van der Waals surface area contributed by atoms with Gasteiger partial charge in [0.2, 0.25) is 0 Å². The molecule has 0 saturated carbocycles. The number of benzene rings is 1. The molecular weight excluding hydrogens is 187 g/mol. The molecule has 0 atom stereocenters. The van der Waals surface area contributed by atoms with Crippen LogP contribution in [0.4, 0.5) is 4.39 Å². The zero-order valence-electron chi connectivity index (χ0n) is 8.57. The van der Waals surface area contributed by atoms with Crippen LogP contribution in [-0.4, -0.2) is 0 Å². The zero-order valence-corrected chi connectivity index (χ0v) is 9.32. The molecule has 0 radical (unpaired) electrons. The Kier molecular flexibility index (Phi) is 5.72. The molecule has 0 nitrogen and oxygen atoms in total. The van der Waals surface area contributed by atoms with Gasteiger partial charge in [-0.3, -0.25) is 0 Å². The normalized spacial score (nSPS) is 9.46. The van der Waals surface area contributed by atoms with Crippen LogP contribution in [0.3, 0.4) is 0 Å². The first-order valence-corrected chi connectivity index (χ1v) is 4.94. The van der Waals surface area contributed by atoms with Crippen molar-refractivity contribution in [3.05, 3.63) is 34.6 Å². The molecule has 0 unspecified atom stereocenters. The molecule has 1 aromatic rings. The van der Waals surface area contributed by atoms with Crippen molar-refractivity contribution in [2.75, 3.05) is 0 Å². The zero-order chi connectivity index (χ0) is 10.4. The molecule has 1 rings (SSSR count). The fraction of sp³-hybridized carbons (Fsp3) is 0.455. The summed E-state index contributed by atoms with van der Waals surface area (Å²) in [6.07, 6.45) is 0. The Hall–Kier alpha value is -0.560. The molecule has 0 bridgehead atoms. The van der Waals surface area contributed by atoms with Crippen molar-refractivity contribution < 1.29 is 4.39 Å². The van der Waals surface area contributed by atoms with Crippen LogP contribution in [0.5, 0.6) is 0 Å².